The minimum Gasteiger partial charge on any atom is -0.444 e. The van der Waals surface area contributed by atoms with Crippen LogP contribution in [0.2, 0.25) is 10.0 Å². The molecule has 0 aromatic heterocycles. The van der Waals surface area contributed by atoms with E-state index in [1.54, 1.807) is 45.9 Å². The van der Waals surface area contributed by atoms with Gasteiger partial charge in [0.1, 0.15) is 5.60 Å². The number of carbonyl (C=O) groups is 1. The molecular formula is C14H19Cl2NO3. The first-order chi connectivity index (χ1) is 9.05. The smallest absolute Gasteiger partial charge is 0.408 e. The number of alkyl carbamates (subject to hydrolysis) is 1. The first-order valence-corrected chi connectivity index (χ1v) is 6.90. The van der Waals surface area contributed by atoms with Crippen LogP contribution in [-0.2, 0) is 10.3 Å². The number of hydrogen-bond donors (Lipinski definition) is 2. The minimum atomic E-state index is -1.03. The van der Waals surface area contributed by atoms with Crippen molar-refractivity contribution in [1.29, 1.82) is 0 Å². The fourth-order valence-electron chi connectivity index (χ4n) is 1.60. The summed E-state index contributed by atoms with van der Waals surface area (Å²) in [5.74, 6) is 0. The molecule has 2 N–H and O–H groups in total. The third-order valence-corrected chi connectivity index (χ3v) is 3.03. The second-order valence-electron chi connectivity index (χ2n) is 5.78. The van der Waals surface area contributed by atoms with Crippen LogP contribution >= 0.6 is 23.2 Å². The molecule has 0 aliphatic rings. The van der Waals surface area contributed by atoms with E-state index in [1.807, 2.05) is 0 Å². The van der Waals surface area contributed by atoms with Gasteiger partial charge in [0.25, 0.3) is 0 Å². The molecule has 1 unspecified atom stereocenters. The maximum Gasteiger partial charge on any atom is 0.408 e. The first-order valence-electron chi connectivity index (χ1n) is 6.14. The summed E-state index contributed by atoms with van der Waals surface area (Å²) in [7, 11) is 0. The van der Waals surface area contributed by atoms with Crippen LogP contribution in [0.1, 0.15) is 33.3 Å². The molecule has 20 heavy (non-hydrogen) atoms. The molecule has 1 amide bonds. The number of amides is 1. The Hall–Kier alpha value is -0.970. The molecule has 6 heteroatoms. The van der Waals surface area contributed by atoms with Gasteiger partial charge in [-0.2, -0.15) is 0 Å². The number of hydrogen-bond acceptors (Lipinski definition) is 3. The zero-order chi connectivity index (χ0) is 15.6. The van der Waals surface area contributed by atoms with Gasteiger partial charge in [0.2, 0.25) is 0 Å². The second-order valence-corrected chi connectivity index (χ2v) is 6.65. The van der Waals surface area contributed by atoms with Crippen molar-refractivity contribution < 1.29 is 14.6 Å². The Morgan fingerprint density at radius 1 is 1.20 bits per heavy atom. The second kappa shape index (κ2) is 6.20. The van der Waals surface area contributed by atoms with Crippen molar-refractivity contribution in [2.24, 2.45) is 0 Å². The molecule has 1 rings (SSSR count). The zero-order valence-electron chi connectivity index (χ0n) is 12.0. The molecule has 0 aliphatic heterocycles. The van der Waals surface area contributed by atoms with Crippen molar-refractivity contribution in [3.8, 4) is 0 Å². The Kier molecular flexibility index (Phi) is 5.30. The van der Waals surface area contributed by atoms with Crippen LogP contribution in [0.25, 0.3) is 0 Å². The van der Waals surface area contributed by atoms with Crippen LogP contribution in [-0.4, -0.2) is 23.4 Å². The van der Waals surface area contributed by atoms with Crippen molar-refractivity contribution in [2.45, 2.75) is 38.8 Å². The van der Waals surface area contributed by atoms with E-state index < -0.39 is 17.2 Å². The van der Waals surface area contributed by atoms with Crippen LogP contribution in [0.5, 0.6) is 0 Å². The van der Waals surface area contributed by atoms with Crippen molar-refractivity contribution in [2.75, 3.05) is 6.61 Å². The lowest BCUT2D eigenvalue weighted by molar-refractivity contribution is 0.0411. The van der Waals surface area contributed by atoms with E-state index in [0.29, 0.717) is 15.6 Å². The molecule has 0 fully saturated rings. The predicted octanol–water partition coefficient (Wildman–Crippen LogP) is 3.73. The summed E-state index contributed by atoms with van der Waals surface area (Å²) in [5, 5.41) is 13.1. The van der Waals surface area contributed by atoms with Crippen molar-refractivity contribution in [1.82, 2.24) is 5.32 Å². The Morgan fingerprint density at radius 2 is 1.70 bits per heavy atom. The van der Waals surface area contributed by atoms with E-state index in [2.05, 4.69) is 5.32 Å². The molecule has 0 aliphatic carbocycles. The third kappa shape index (κ3) is 4.85. The topological polar surface area (TPSA) is 58.6 Å². The van der Waals surface area contributed by atoms with E-state index in [4.69, 9.17) is 27.9 Å². The van der Waals surface area contributed by atoms with Crippen molar-refractivity contribution in [3.63, 3.8) is 0 Å². The number of rotatable bonds is 3. The molecule has 4 nitrogen and oxygen atoms in total. The van der Waals surface area contributed by atoms with Gasteiger partial charge in [-0.05, 0) is 51.5 Å². The highest BCUT2D eigenvalue weighted by Gasteiger charge is 2.30. The summed E-state index contributed by atoms with van der Waals surface area (Å²) in [6.45, 7) is 6.64. The summed E-state index contributed by atoms with van der Waals surface area (Å²) >= 11 is 11.9. The van der Waals surface area contributed by atoms with Gasteiger partial charge in [0.05, 0.1) is 12.1 Å². The summed E-state index contributed by atoms with van der Waals surface area (Å²) < 4.78 is 5.19. The monoisotopic (exact) mass is 319 g/mol. The number of ether oxygens (including phenoxy) is 1. The standard InChI is InChI=1S/C14H19Cl2NO3/c1-13(2,3)20-12(19)17-14(4,8-18)9-5-10(15)7-11(16)6-9/h5-7,18H,8H2,1-4H3,(H,17,19). The molecule has 0 bridgehead atoms. The SMILES string of the molecule is CC(C)(C)OC(=O)NC(C)(CO)c1cc(Cl)cc(Cl)c1. The Morgan fingerprint density at radius 3 is 2.10 bits per heavy atom. The van der Waals surface area contributed by atoms with E-state index in [-0.39, 0.29) is 6.61 Å². The first kappa shape index (κ1) is 17.1. The van der Waals surface area contributed by atoms with Crippen LogP contribution in [0, 0.1) is 0 Å². The summed E-state index contributed by atoms with van der Waals surface area (Å²) in [6.07, 6.45) is -0.620. The maximum absolute atomic E-state index is 11.9. The third-order valence-electron chi connectivity index (χ3n) is 2.59. The Labute approximate surface area is 129 Å². The Bertz CT molecular complexity index is 479. The molecule has 0 radical (unpaired) electrons. The average molecular weight is 320 g/mol. The van der Waals surface area contributed by atoms with E-state index >= 15 is 0 Å². The number of halogens is 2. The summed E-state index contributed by atoms with van der Waals surface area (Å²) in [5.41, 5.74) is -1.05. The number of carbonyl (C=O) groups excluding carboxylic acids is 1. The lowest BCUT2D eigenvalue weighted by atomic mass is 9.93. The lowest BCUT2D eigenvalue weighted by Gasteiger charge is -2.31. The van der Waals surface area contributed by atoms with Gasteiger partial charge in [-0.15, -0.1) is 0 Å². The molecule has 0 saturated heterocycles. The van der Waals surface area contributed by atoms with Crippen LogP contribution in [0.3, 0.4) is 0 Å². The van der Waals surface area contributed by atoms with Gasteiger partial charge in [0.15, 0.2) is 0 Å². The van der Waals surface area contributed by atoms with Gasteiger partial charge in [-0.25, -0.2) is 4.79 Å². The predicted molar refractivity (Wildman–Crippen MR) is 80.3 cm³/mol. The molecule has 0 spiro atoms. The van der Waals surface area contributed by atoms with Gasteiger partial charge in [-0.1, -0.05) is 23.2 Å². The lowest BCUT2D eigenvalue weighted by Crippen LogP contribution is -2.48. The van der Waals surface area contributed by atoms with Crippen molar-refractivity contribution >= 4 is 29.3 Å². The number of aliphatic hydroxyl groups excluding tert-OH is 1. The quantitative estimate of drug-likeness (QED) is 0.892. The Balaban J connectivity index is 2.99. The van der Waals surface area contributed by atoms with E-state index in [1.165, 1.54) is 0 Å². The summed E-state index contributed by atoms with van der Waals surface area (Å²) in [6, 6.07) is 4.86. The van der Waals surface area contributed by atoms with Crippen LogP contribution in [0.15, 0.2) is 18.2 Å². The largest absolute Gasteiger partial charge is 0.444 e. The zero-order valence-corrected chi connectivity index (χ0v) is 13.5. The highest BCUT2D eigenvalue weighted by atomic mass is 35.5. The van der Waals surface area contributed by atoms with Crippen molar-refractivity contribution in [3.05, 3.63) is 33.8 Å². The van der Waals surface area contributed by atoms with Crippen LogP contribution in [0.4, 0.5) is 4.79 Å². The normalized spacial score (nSPS) is 14.6. The maximum atomic E-state index is 11.9. The molecular weight excluding hydrogens is 301 g/mol. The highest BCUT2D eigenvalue weighted by molar-refractivity contribution is 6.34. The minimum absolute atomic E-state index is 0.317. The van der Waals surface area contributed by atoms with E-state index in [9.17, 15) is 9.90 Å². The van der Waals surface area contributed by atoms with Gasteiger partial charge < -0.3 is 15.2 Å². The molecule has 1 aromatic carbocycles. The fraction of sp³-hybridized carbons (Fsp3) is 0.500. The fourth-order valence-corrected chi connectivity index (χ4v) is 2.13. The van der Waals surface area contributed by atoms with E-state index in [0.717, 1.165) is 0 Å². The molecule has 1 aromatic rings. The molecule has 0 heterocycles. The highest BCUT2D eigenvalue weighted by Crippen LogP contribution is 2.27. The van der Waals surface area contributed by atoms with Gasteiger partial charge in [-0.3, -0.25) is 0 Å². The van der Waals surface area contributed by atoms with Gasteiger partial charge in [0, 0.05) is 10.0 Å². The van der Waals surface area contributed by atoms with Gasteiger partial charge >= 0.3 is 6.09 Å². The molecule has 0 saturated carbocycles. The van der Waals surface area contributed by atoms with Crippen LogP contribution < -0.4 is 5.32 Å². The molecule has 1 atom stereocenters. The summed E-state index contributed by atoms with van der Waals surface area (Å²) in [4.78, 5) is 11.9. The number of aliphatic hydroxyl groups is 1. The molecule has 112 valence electrons. The average Bonchev–Trinajstić information content (AvgIpc) is 2.24. The number of nitrogens with one attached hydrogen (secondary N) is 1. The number of benzene rings is 1.